The summed E-state index contributed by atoms with van der Waals surface area (Å²) in [6.07, 6.45) is 6.98. The van der Waals surface area contributed by atoms with Crippen molar-refractivity contribution in [3.05, 3.63) is 101 Å². The number of hydrogen-bond acceptors (Lipinski definition) is 5. The molecule has 1 aromatic heterocycles. The van der Waals surface area contributed by atoms with Crippen molar-refractivity contribution in [3.63, 3.8) is 0 Å². The third-order valence-electron chi connectivity index (χ3n) is 8.08. The van der Waals surface area contributed by atoms with Crippen LogP contribution in [0.3, 0.4) is 0 Å². The van der Waals surface area contributed by atoms with Crippen molar-refractivity contribution < 1.29 is 24.1 Å². The van der Waals surface area contributed by atoms with Crippen molar-refractivity contribution in [2.24, 2.45) is 0 Å². The van der Waals surface area contributed by atoms with Crippen LogP contribution in [-0.2, 0) is 27.1 Å². The summed E-state index contributed by atoms with van der Waals surface area (Å²) in [5.41, 5.74) is 8.54. The van der Waals surface area contributed by atoms with Crippen LogP contribution in [0.2, 0.25) is 0 Å². The number of unbranched alkanes of at least 4 members (excludes halogenated alkanes) is 1. The van der Waals surface area contributed by atoms with E-state index < -0.39 is 6.29 Å². The molecule has 0 radical (unpaired) electrons. The van der Waals surface area contributed by atoms with E-state index in [1.807, 2.05) is 30.5 Å². The molecule has 4 aromatic rings. The molecule has 0 fully saturated rings. The lowest BCUT2D eigenvalue weighted by atomic mass is 9.87. The van der Waals surface area contributed by atoms with E-state index in [1.54, 1.807) is 7.11 Å². The van der Waals surface area contributed by atoms with Gasteiger partial charge < -0.3 is 29.6 Å². The van der Waals surface area contributed by atoms with Gasteiger partial charge in [-0.05, 0) is 83.3 Å². The van der Waals surface area contributed by atoms with E-state index in [4.69, 9.17) is 19.3 Å². The highest BCUT2D eigenvalue weighted by Gasteiger charge is 2.31. The first-order valence-corrected chi connectivity index (χ1v) is 14.4. The Labute approximate surface area is 240 Å². The number of nitrogens with one attached hydrogen (secondary N) is 2. The van der Waals surface area contributed by atoms with E-state index in [0.717, 1.165) is 35.1 Å². The number of H-pyrrole nitrogens is 1. The molecule has 3 aromatic carbocycles. The SMILES string of the molecule is COc1ccc2[nH]cc(CCNC(=O)C3=C[C@H](c4cccc5c4Cc4ccccc4-5)C[C@H](OCCCCO)O3)c2c1. The zero-order valence-corrected chi connectivity index (χ0v) is 23.3. The molecule has 2 atom stereocenters. The molecule has 1 aliphatic carbocycles. The van der Waals surface area contributed by atoms with Gasteiger partial charge in [0.1, 0.15) is 5.75 Å². The molecule has 0 bridgehead atoms. The average Bonchev–Trinajstić information content (AvgIpc) is 3.60. The highest BCUT2D eigenvalue weighted by Crippen LogP contribution is 2.42. The second kappa shape index (κ2) is 12.2. The fourth-order valence-corrected chi connectivity index (χ4v) is 5.98. The zero-order chi connectivity index (χ0) is 28.2. The Hall–Kier alpha value is -4.07. The normalized spacial score (nSPS) is 17.5. The average molecular weight is 553 g/mol. The molecule has 6 rings (SSSR count). The number of carbonyl (C=O) groups excluding carboxylic acids is 1. The Morgan fingerprint density at radius 2 is 1.98 bits per heavy atom. The number of benzene rings is 3. The molecule has 3 N–H and O–H groups in total. The number of hydrogen-bond donors (Lipinski definition) is 3. The molecule has 0 spiro atoms. The molecule has 212 valence electrons. The number of ether oxygens (including phenoxy) is 3. The Kier molecular flexibility index (Phi) is 8.07. The number of aromatic amines is 1. The fraction of sp³-hybridized carbons (Fsp3) is 0.324. The third kappa shape index (κ3) is 5.73. The van der Waals surface area contributed by atoms with Crippen LogP contribution in [0.1, 0.15) is 47.4 Å². The molecule has 1 amide bonds. The van der Waals surface area contributed by atoms with Crippen LogP contribution in [0.5, 0.6) is 5.75 Å². The van der Waals surface area contributed by atoms with Gasteiger partial charge in [-0.2, -0.15) is 0 Å². The summed E-state index contributed by atoms with van der Waals surface area (Å²) in [4.78, 5) is 16.7. The lowest BCUT2D eigenvalue weighted by molar-refractivity contribution is -0.146. The maximum atomic E-state index is 13.4. The van der Waals surface area contributed by atoms with Crippen molar-refractivity contribution in [1.82, 2.24) is 10.3 Å². The number of allylic oxidation sites excluding steroid dienone is 1. The molecular formula is C34H36N2O5. The number of aliphatic hydroxyl groups excluding tert-OH is 1. The smallest absolute Gasteiger partial charge is 0.286 e. The molecule has 7 heteroatoms. The van der Waals surface area contributed by atoms with Crippen LogP contribution in [0, 0.1) is 0 Å². The number of aliphatic hydroxyl groups is 1. The van der Waals surface area contributed by atoms with Crippen LogP contribution < -0.4 is 10.1 Å². The second-order valence-electron chi connectivity index (χ2n) is 10.7. The van der Waals surface area contributed by atoms with Gasteiger partial charge in [0.05, 0.1) is 13.7 Å². The molecule has 0 saturated heterocycles. The van der Waals surface area contributed by atoms with Crippen LogP contribution in [-0.4, -0.2) is 49.2 Å². The van der Waals surface area contributed by atoms with Gasteiger partial charge in [-0.1, -0.05) is 42.5 Å². The van der Waals surface area contributed by atoms with Crippen molar-refractivity contribution in [1.29, 1.82) is 0 Å². The summed E-state index contributed by atoms with van der Waals surface area (Å²) in [5.74, 6) is 0.835. The van der Waals surface area contributed by atoms with Gasteiger partial charge in [0.15, 0.2) is 5.76 Å². The molecule has 0 saturated carbocycles. The first kappa shape index (κ1) is 27.1. The highest BCUT2D eigenvalue weighted by molar-refractivity contribution is 5.92. The van der Waals surface area contributed by atoms with Gasteiger partial charge in [0.2, 0.25) is 6.29 Å². The zero-order valence-electron chi connectivity index (χ0n) is 23.3. The molecule has 41 heavy (non-hydrogen) atoms. The molecule has 7 nitrogen and oxygen atoms in total. The van der Waals surface area contributed by atoms with Gasteiger partial charge in [0.25, 0.3) is 5.91 Å². The monoisotopic (exact) mass is 552 g/mol. The summed E-state index contributed by atoms with van der Waals surface area (Å²) >= 11 is 0. The van der Waals surface area contributed by atoms with Crippen LogP contribution in [0.25, 0.3) is 22.0 Å². The summed E-state index contributed by atoms with van der Waals surface area (Å²) < 4.78 is 17.5. The van der Waals surface area contributed by atoms with E-state index in [-0.39, 0.29) is 18.4 Å². The maximum absolute atomic E-state index is 13.4. The van der Waals surface area contributed by atoms with Gasteiger partial charge in [-0.3, -0.25) is 4.79 Å². The van der Waals surface area contributed by atoms with Crippen LogP contribution >= 0.6 is 0 Å². The third-order valence-corrected chi connectivity index (χ3v) is 8.08. The minimum atomic E-state index is -0.537. The topological polar surface area (TPSA) is 92.8 Å². The first-order valence-electron chi connectivity index (χ1n) is 14.4. The van der Waals surface area contributed by atoms with Crippen molar-refractivity contribution in [3.8, 4) is 16.9 Å². The lowest BCUT2D eigenvalue weighted by Crippen LogP contribution is -2.34. The van der Waals surface area contributed by atoms with Gasteiger partial charge >= 0.3 is 0 Å². The van der Waals surface area contributed by atoms with Gasteiger partial charge in [0, 0.05) is 42.6 Å². The molecule has 2 aliphatic rings. The van der Waals surface area contributed by atoms with Crippen molar-refractivity contribution >= 4 is 16.8 Å². The van der Waals surface area contributed by atoms with Crippen molar-refractivity contribution in [2.45, 2.75) is 44.3 Å². The van der Waals surface area contributed by atoms with E-state index in [2.05, 4.69) is 52.8 Å². The predicted octanol–water partition coefficient (Wildman–Crippen LogP) is 5.61. The van der Waals surface area contributed by atoms with Gasteiger partial charge in [-0.25, -0.2) is 0 Å². The first-order chi connectivity index (χ1) is 20.1. The summed E-state index contributed by atoms with van der Waals surface area (Å²) in [7, 11) is 1.66. The number of amides is 1. The Balaban J connectivity index is 1.20. The van der Waals surface area contributed by atoms with Crippen molar-refractivity contribution in [2.75, 3.05) is 26.9 Å². The number of carbonyl (C=O) groups is 1. The summed E-state index contributed by atoms with van der Waals surface area (Å²) in [6, 6.07) is 20.9. The van der Waals surface area contributed by atoms with E-state index in [0.29, 0.717) is 38.2 Å². The summed E-state index contributed by atoms with van der Waals surface area (Å²) in [5, 5.41) is 13.3. The number of aromatic nitrogens is 1. The Bertz CT molecular complexity index is 1570. The molecule has 0 unspecified atom stereocenters. The van der Waals surface area contributed by atoms with Crippen LogP contribution in [0.4, 0.5) is 0 Å². The summed E-state index contributed by atoms with van der Waals surface area (Å²) in [6.45, 7) is 1.06. The molecule has 1 aliphatic heterocycles. The Morgan fingerprint density at radius 3 is 2.85 bits per heavy atom. The number of rotatable bonds is 11. The quantitative estimate of drug-likeness (QED) is 0.185. The Morgan fingerprint density at radius 1 is 1.10 bits per heavy atom. The van der Waals surface area contributed by atoms with E-state index >= 15 is 0 Å². The maximum Gasteiger partial charge on any atom is 0.286 e. The number of fused-ring (bicyclic) bond motifs is 4. The second-order valence-corrected chi connectivity index (χ2v) is 10.7. The van der Waals surface area contributed by atoms with E-state index in [9.17, 15) is 4.79 Å². The van der Waals surface area contributed by atoms with E-state index in [1.165, 1.54) is 27.8 Å². The molecular weight excluding hydrogens is 516 g/mol. The predicted molar refractivity (Wildman–Crippen MR) is 159 cm³/mol. The fourth-order valence-electron chi connectivity index (χ4n) is 5.98. The lowest BCUT2D eigenvalue weighted by Gasteiger charge is -2.30. The minimum Gasteiger partial charge on any atom is -0.497 e. The van der Waals surface area contributed by atoms with Gasteiger partial charge in [-0.15, -0.1) is 0 Å². The number of methoxy groups -OCH3 is 1. The van der Waals surface area contributed by atoms with Crippen LogP contribution in [0.15, 0.2) is 78.7 Å². The molecule has 2 heterocycles. The minimum absolute atomic E-state index is 0.0160. The largest absolute Gasteiger partial charge is 0.497 e. The highest BCUT2D eigenvalue weighted by atomic mass is 16.7. The standard InChI is InChI=1S/C34H36N2O5/c1-39-25-11-12-31-29(20-25)23(21-36-31)13-14-35-34(38)32-18-24(19-33(41-32)40-16-5-4-15-37)27-9-6-10-28-26-8-3-2-7-22(26)17-30(27)28/h2-3,6-12,18,20-21,24,33,36-37H,4-5,13-17,19H2,1H3,(H,35,38)/t24-,33+/m0/s1.